The number of hydrogen-bond acceptors (Lipinski definition) is 6. The van der Waals surface area contributed by atoms with E-state index in [0.29, 0.717) is 30.0 Å². The van der Waals surface area contributed by atoms with E-state index in [4.69, 9.17) is 4.42 Å². The molecule has 1 fully saturated rings. The highest BCUT2D eigenvalue weighted by Crippen LogP contribution is 2.31. The fraction of sp³-hybridized carbons (Fsp3) is 0.259. The maximum atomic E-state index is 12.9. The van der Waals surface area contributed by atoms with Crippen molar-refractivity contribution in [2.75, 3.05) is 13.1 Å². The van der Waals surface area contributed by atoms with Crippen molar-refractivity contribution in [3.05, 3.63) is 87.6 Å². The van der Waals surface area contributed by atoms with Crippen LogP contribution in [0.25, 0.3) is 11.0 Å². The maximum absolute atomic E-state index is 12.9. The Morgan fingerprint density at radius 1 is 1.03 bits per heavy atom. The van der Waals surface area contributed by atoms with Crippen LogP contribution in [-0.4, -0.2) is 40.7 Å². The van der Waals surface area contributed by atoms with Crippen molar-refractivity contribution in [1.82, 2.24) is 20.7 Å². The molecule has 2 aromatic heterocycles. The number of amides is 3. The fourth-order valence-electron chi connectivity index (χ4n) is 4.29. The zero-order valence-corrected chi connectivity index (χ0v) is 20.6. The highest BCUT2D eigenvalue weighted by molar-refractivity contribution is 7.09. The smallest absolute Gasteiger partial charge is 0.289 e. The minimum Gasteiger partial charge on any atom is -0.451 e. The van der Waals surface area contributed by atoms with Crippen molar-refractivity contribution < 1.29 is 18.8 Å². The molecule has 0 unspecified atom stereocenters. The normalized spacial score (nSPS) is 14.1. The highest BCUT2D eigenvalue weighted by atomic mass is 32.1. The van der Waals surface area contributed by atoms with Crippen LogP contribution in [0.3, 0.4) is 0 Å². The summed E-state index contributed by atoms with van der Waals surface area (Å²) in [5, 5.41) is 3.46. The van der Waals surface area contributed by atoms with Gasteiger partial charge in [-0.2, -0.15) is 0 Å². The molecule has 3 amide bonds. The summed E-state index contributed by atoms with van der Waals surface area (Å²) in [6.07, 6.45) is 2.40. The third-order valence-electron chi connectivity index (χ3n) is 6.44. The number of aryl methyl sites for hydroxylation is 1. The van der Waals surface area contributed by atoms with Crippen LogP contribution < -0.4 is 10.9 Å². The second-order valence-corrected chi connectivity index (χ2v) is 9.63. The molecule has 0 aliphatic carbocycles. The first-order chi connectivity index (χ1) is 17.5. The van der Waals surface area contributed by atoms with Gasteiger partial charge in [-0.3, -0.25) is 25.2 Å². The lowest BCUT2D eigenvalue weighted by molar-refractivity contribution is 0.0683. The van der Waals surface area contributed by atoms with Gasteiger partial charge in [0.2, 0.25) is 0 Å². The molecule has 0 spiro atoms. The molecule has 0 radical (unpaired) electrons. The number of aromatic nitrogens is 1. The van der Waals surface area contributed by atoms with Gasteiger partial charge in [-0.1, -0.05) is 37.3 Å². The topological polar surface area (TPSA) is 105 Å². The predicted molar refractivity (Wildman–Crippen MR) is 137 cm³/mol. The van der Waals surface area contributed by atoms with E-state index < -0.39 is 5.91 Å². The van der Waals surface area contributed by atoms with E-state index in [1.54, 1.807) is 28.5 Å². The summed E-state index contributed by atoms with van der Waals surface area (Å²) >= 11 is 1.42. The number of fused-ring (bicyclic) bond motifs is 1. The van der Waals surface area contributed by atoms with Crippen LogP contribution >= 0.6 is 11.3 Å². The van der Waals surface area contributed by atoms with Crippen LogP contribution in [0.5, 0.6) is 0 Å². The number of carbonyl (C=O) groups excluding carboxylic acids is 3. The molecule has 5 rings (SSSR count). The Kier molecular flexibility index (Phi) is 6.81. The Morgan fingerprint density at radius 3 is 2.47 bits per heavy atom. The van der Waals surface area contributed by atoms with Crippen LogP contribution in [0, 0.1) is 0 Å². The average Bonchev–Trinajstić information content (AvgIpc) is 3.59. The minimum absolute atomic E-state index is 0.107. The zero-order chi connectivity index (χ0) is 25.1. The molecule has 2 aromatic carbocycles. The van der Waals surface area contributed by atoms with E-state index in [1.165, 1.54) is 11.3 Å². The summed E-state index contributed by atoms with van der Waals surface area (Å²) < 4.78 is 5.73. The second-order valence-electron chi connectivity index (χ2n) is 8.74. The van der Waals surface area contributed by atoms with Gasteiger partial charge in [0.25, 0.3) is 17.7 Å². The molecule has 184 valence electrons. The number of nitrogens with one attached hydrogen (secondary N) is 2. The number of likely N-dealkylation sites (tertiary alicyclic amines) is 1. The van der Waals surface area contributed by atoms with Gasteiger partial charge in [-0.05, 0) is 49.1 Å². The van der Waals surface area contributed by atoms with Crippen LogP contribution in [0.15, 0.2) is 64.4 Å². The van der Waals surface area contributed by atoms with E-state index in [9.17, 15) is 14.4 Å². The van der Waals surface area contributed by atoms with Crippen molar-refractivity contribution in [3.63, 3.8) is 0 Å². The SMILES string of the molecule is CCc1ccc(C(=O)NNC(=O)c2csc(C3CCN(C(=O)c4cc5ccccc5o4)CC3)n2)cc1. The van der Waals surface area contributed by atoms with E-state index in [2.05, 4.69) is 15.8 Å². The first-order valence-electron chi connectivity index (χ1n) is 11.9. The summed E-state index contributed by atoms with van der Waals surface area (Å²) in [4.78, 5) is 44.0. The van der Waals surface area contributed by atoms with Crippen LogP contribution in [-0.2, 0) is 6.42 Å². The van der Waals surface area contributed by atoms with Crippen molar-refractivity contribution in [2.24, 2.45) is 0 Å². The molecule has 9 heteroatoms. The van der Waals surface area contributed by atoms with Gasteiger partial charge in [0.05, 0.1) is 5.01 Å². The third-order valence-corrected chi connectivity index (χ3v) is 7.44. The monoisotopic (exact) mass is 502 g/mol. The molecule has 3 heterocycles. The van der Waals surface area contributed by atoms with E-state index in [0.717, 1.165) is 35.2 Å². The van der Waals surface area contributed by atoms with Crippen molar-refractivity contribution in [1.29, 1.82) is 0 Å². The molecule has 0 atom stereocenters. The Bertz CT molecular complexity index is 1370. The summed E-state index contributed by atoms with van der Waals surface area (Å²) in [6, 6.07) is 16.6. The number of benzene rings is 2. The number of carbonyl (C=O) groups is 3. The Labute approximate surface area is 212 Å². The minimum atomic E-state index is -0.464. The van der Waals surface area contributed by atoms with Crippen LogP contribution in [0.1, 0.15) is 67.7 Å². The maximum Gasteiger partial charge on any atom is 0.289 e. The molecule has 4 aromatic rings. The molecule has 2 N–H and O–H groups in total. The number of piperidine rings is 1. The number of nitrogens with zero attached hydrogens (tertiary/aromatic N) is 2. The number of rotatable bonds is 5. The van der Waals surface area contributed by atoms with Crippen LogP contribution in [0.4, 0.5) is 0 Å². The highest BCUT2D eigenvalue weighted by Gasteiger charge is 2.28. The number of para-hydroxylation sites is 1. The lowest BCUT2D eigenvalue weighted by Crippen LogP contribution is -2.41. The Hall–Kier alpha value is -3.98. The van der Waals surface area contributed by atoms with Gasteiger partial charge in [-0.15, -0.1) is 11.3 Å². The standard InChI is InChI=1S/C27H26N4O4S/c1-2-17-7-9-18(10-8-17)24(32)29-30-25(33)21-16-36-26(28-21)19-11-13-31(14-12-19)27(34)23-15-20-5-3-4-6-22(20)35-23/h3-10,15-16,19H,2,11-14H2,1H3,(H,29,32)(H,30,33). The lowest BCUT2D eigenvalue weighted by Gasteiger charge is -2.30. The number of hydrogen-bond donors (Lipinski definition) is 2. The Morgan fingerprint density at radius 2 is 1.75 bits per heavy atom. The molecule has 36 heavy (non-hydrogen) atoms. The third kappa shape index (κ3) is 5.01. The molecular weight excluding hydrogens is 476 g/mol. The van der Waals surface area contributed by atoms with Crippen molar-refractivity contribution in [3.8, 4) is 0 Å². The van der Waals surface area contributed by atoms with Crippen molar-refractivity contribution >= 4 is 40.0 Å². The first kappa shape index (κ1) is 23.7. The van der Waals surface area contributed by atoms with Crippen molar-refractivity contribution in [2.45, 2.75) is 32.1 Å². The first-order valence-corrected chi connectivity index (χ1v) is 12.8. The quantitative estimate of drug-likeness (QED) is 0.390. The van der Waals surface area contributed by atoms with Gasteiger partial charge >= 0.3 is 0 Å². The summed E-state index contributed by atoms with van der Waals surface area (Å²) in [5.74, 6) is -0.436. The number of hydrazine groups is 1. The van der Waals surface area contributed by atoms with E-state index in [-0.39, 0.29) is 23.4 Å². The molecular formula is C27H26N4O4S. The molecule has 8 nitrogen and oxygen atoms in total. The Balaban J connectivity index is 1.13. The summed E-state index contributed by atoms with van der Waals surface area (Å²) in [6.45, 7) is 3.23. The predicted octanol–water partition coefficient (Wildman–Crippen LogP) is 4.55. The van der Waals surface area contributed by atoms with Crippen LogP contribution in [0.2, 0.25) is 0 Å². The van der Waals surface area contributed by atoms with Gasteiger partial charge < -0.3 is 9.32 Å². The molecule has 0 saturated carbocycles. The van der Waals surface area contributed by atoms with E-state index in [1.807, 2.05) is 43.3 Å². The number of thiazole rings is 1. The fourth-order valence-corrected chi connectivity index (χ4v) is 5.26. The lowest BCUT2D eigenvalue weighted by atomic mass is 9.97. The molecule has 1 saturated heterocycles. The van der Waals surface area contributed by atoms with Gasteiger partial charge in [-0.25, -0.2) is 4.98 Å². The largest absolute Gasteiger partial charge is 0.451 e. The van der Waals surface area contributed by atoms with E-state index >= 15 is 0 Å². The van der Waals surface area contributed by atoms with Gasteiger partial charge in [0.1, 0.15) is 11.3 Å². The average molecular weight is 503 g/mol. The molecule has 0 bridgehead atoms. The molecule has 1 aliphatic heterocycles. The summed E-state index contributed by atoms with van der Waals surface area (Å²) in [5.41, 5.74) is 7.44. The molecule has 1 aliphatic rings. The number of furan rings is 1. The summed E-state index contributed by atoms with van der Waals surface area (Å²) in [7, 11) is 0. The van der Waals surface area contributed by atoms with Gasteiger partial charge in [0.15, 0.2) is 5.76 Å². The zero-order valence-electron chi connectivity index (χ0n) is 19.8. The van der Waals surface area contributed by atoms with Gasteiger partial charge in [0, 0.05) is 35.3 Å². The second kappa shape index (κ2) is 10.3.